The predicted molar refractivity (Wildman–Crippen MR) is 159 cm³/mol. The first kappa shape index (κ1) is 31.5. The van der Waals surface area contributed by atoms with Gasteiger partial charge in [-0.05, 0) is 55.7 Å². The normalized spacial score (nSPS) is 21.4. The van der Waals surface area contributed by atoms with E-state index in [0.717, 1.165) is 43.5 Å². The Balaban J connectivity index is 1.39. The molecule has 4 atom stereocenters. The monoisotopic (exact) mass is 600 g/mol. The molecule has 13 heteroatoms. The molecule has 2 saturated heterocycles. The highest BCUT2D eigenvalue weighted by atomic mass is 32.2. The lowest BCUT2D eigenvalue weighted by molar-refractivity contribution is -0.384. The number of nitro groups is 1. The summed E-state index contributed by atoms with van der Waals surface area (Å²) in [7, 11) is 0. The first-order chi connectivity index (χ1) is 20.2. The van der Waals surface area contributed by atoms with Gasteiger partial charge in [0.2, 0.25) is 11.8 Å². The van der Waals surface area contributed by atoms with Crippen molar-refractivity contribution >= 4 is 35.2 Å². The molecule has 2 N–H and O–H groups in total. The first-order valence-electron chi connectivity index (χ1n) is 14.5. The predicted octanol–water partition coefficient (Wildman–Crippen LogP) is 2.80. The third-order valence-corrected chi connectivity index (χ3v) is 9.06. The van der Waals surface area contributed by atoms with Crippen molar-refractivity contribution in [3.05, 3.63) is 58.2 Å². The van der Waals surface area contributed by atoms with E-state index in [0.29, 0.717) is 31.8 Å². The molecule has 0 radical (unpaired) electrons. The largest absolute Gasteiger partial charge is 0.480 e. The number of carboxylic acid groups (broad SMARTS) is 1. The first-order valence-corrected chi connectivity index (χ1v) is 15.9. The molecule has 0 aliphatic carbocycles. The molecule has 12 nitrogen and oxygen atoms in total. The van der Waals surface area contributed by atoms with E-state index in [1.807, 2.05) is 15.7 Å². The molecule has 2 aromatic rings. The summed E-state index contributed by atoms with van der Waals surface area (Å²) in [5.41, 5.74) is 1.66. The van der Waals surface area contributed by atoms with E-state index < -0.39 is 23.0 Å². The van der Waals surface area contributed by atoms with Gasteiger partial charge in [-0.25, -0.2) is 9.78 Å². The molecule has 0 saturated carbocycles. The minimum atomic E-state index is -1.02. The summed E-state index contributed by atoms with van der Waals surface area (Å²) < 4.78 is 1.88. The average Bonchev–Trinajstić information content (AvgIpc) is 3.71. The molecule has 3 heterocycles. The maximum absolute atomic E-state index is 13.5. The molecule has 0 unspecified atom stereocenters. The number of hydrogen-bond acceptors (Lipinski definition) is 8. The van der Waals surface area contributed by atoms with Crippen LogP contribution in [0.3, 0.4) is 0 Å². The number of nitro benzene ring substituents is 1. The van der Waals surface area contributed by atoms with Crippen molar-refractivity contribution in [2.75, 3.05) is 31.6 Å². The number of thioether (sulfide) groups is 1. The maximum atomic E-state index is 13.5. The molecule has 2 fully saturated rings. The summed E-state index contributed by atoms with van der Waals surface area (Å²) in [6.07, 6.45) is 9.22. The molecular formula is C29H40N6O6S. The van der Waals surface area contributed by atoms with Gasteiger partial charge in [-0.2, -0.15) is 11.8 Å². The third kappa shape index (κ3) is 7.68. The van der Waals surface area contributed by atoms with Crippen LogP contribution in [-0.4, -0.2) is 96.9 Å². The Labute approximate surface area is 250 Å². The van der Waals surface area contributed by atoms with Crippen LogP contribution in [0, 0.1) is 16.0 Å². The van der Waals surface area contributed by atoms with E-state index in [1.54, 1.807) is 36.4 Å². The van der Waals surface area contributed by atoms with Crippen molar-refractivity contribution < 1.29 is 24.4 Å². The Bertz CT molecular complexity index is 1250. The average molecular weight is 601 g/mol. The van der Waals surface area contributed by atoms with Gasteiger partial charge in [0.25, 0.3) is 5.69 Å². The summed E-state index contributed by atoms with van der Waals surface area (Å²) in [6, 6.07) is 4.99. The number of rotatable bonds is 14. The van der Waals surface area contributed by atoms with Crippen LogP contribution in [0.5, 0.6) is 0 Å². The topological polar surface area (TPSA) is 151 Å². The van der Waals surface area contributed by atoms with Crippen LogP contribution in [0.1, 0.15) is 50.3 Å². The number of likely N-dealkylation sites (tertiary alicyclic amines) is 2. The molecule has 4 rings (SSSR count). The van der Waals surface area contributed by atoms with E-state index in [2.05, 4.69) is 22.1 Å². The minimum Gasteiger partial charge on any atom is -0.480 e. The van der Waals surface area contributed by atoms with Crippen molar-refractivity contribution in [3.63, 3.8) is 0 Å². The molecule has 42 heavy (non-hydrogen) atoms. The summed E-state index contributed by atoms with van der Waals surface area (Å²) in [6.45, 7) is 4.46. The van der Waals surface area contributed by atoms with Gasteiger partial charge in [0.05, 0.1) is 23.7 Å². The summed E-state index contributed by atoms with van der Waals surface area (Å²) in [4.78, 5) is 57.5. The molecule has 1 aromatic carbocycles. The van der Waals surface area contributed by atoms with E-state index in [9.17, 15) is 29.6 Å². The highest BCUT2D eigenvalue weighted by molar-refractivity contribution is 7.98. The lowest BCUT2D eigenvalue weighted by Crippen LogP contribution is -2.54. The number of non-ortho nitro benzene ring substituents is 1. The van der Waals surface area contributed by atoms with Crippen molar-refractivity contribution in [3.8, 4) is 0 Å². The lowest BCUT2D eigenvalue weighted by Gasteiger charge is -2.33. The van der Waals surface area contributed by atoms with Gasteiger partial charge in [-0.15, -0.1) is 0 Å². The molecule has 0 bridgehead atoms. The van der Waals surface area contributed by atoms with Gasteiger partial charge in [-0.1, -0.05) is 25.5 Å². The van der Waals surface area contributed by atoms with E-state index in [-0.39, 0.29) is 35.9 Å². The minimum absolute atomic E-state index is 0.00167. The molecule has 0 spiro atoms. The number of nitrogens with one attached hydrogen (secondary N) is 1. The number of carboxylic acids is 1. The van der Waals surface area contributed by atoms with Gasteiger partial charge >= 0.3 is 5.97 Å². The zero-order chi connectivity index (χ0) is 30.2. The maximum Gasteiger partial charge on any atom is 0.326 e. The van der Waals surface area contributed by atoms with Crippen molar-refractivity contribution in [2.45, 2.75) is 70.1 Å². The molecule has 2 aliphatic heterocycles. The number of benzene rings is 1. The smallest absolute Gasteiger partial charge is 0.326 e. The van der Waals surface area contributed by atoms with Crippen LogP contribution >= 0.6 is 11.8 Å². The Morgan fingerprint density at radius 1 is 1.21 bits per heavy atom. The molecule has 2 amide bonds. The standard InChI is InChI=1S/C29H40N6O6S/c1-3-21-10-13-32(27(21)28(37)31-25(29(38)39)11-14-42-2)18-23-5-4-12-34(23)26(36)15-24-16-30-19-33(24)17-20-6-8-22(9-7-20)35(40)41/h6-9,16,19,21,23,25,27H,3-5,10-15,17-18H2,1-2H3,(H,31,37)(H,38,39)/t21-,23-,25-,27-/m0/s1. The van der Waals surface area contributed by atoms with Crippen LogP contribution in [-0.2, 0) is 27.3 Å². The third-order valence-electron chi connectivity index (χ3n) is 8.42. The molecule has 228 valence electrons. The van der Waals surface area contributed by atoms with Crippen LogP contribution in [0.25, 0.3) is 0 Å². The second-order valence-electron chi connectivity index (χ2n) is 11.1. The van der Waals surface area contributed by atoms with Gasteiger partial charge in [0, 0.05) is 49.7 Å². The number of aliphatic carboxylic acids is 1. The number of amides is 2. The highest BCUT2D eigenvalue weighted by Gasteiger charge is 2.42. The van der Waals surface area contributed by atoms with Gasteiger partial charge in [-0.3, -0.25) is 24.6 Å². The van der Waals surface area contributed by atoms with Gasteiger partial charge < -0.3 is 19.9 Å². The summed E-state index contributed by atoms with van der Waals surface area (Å²) in [5, 5.41) is 23.4. The van der Waals surface area contributed by atoms with Crippen LogP contribution < -0.4 is 5.32 Å². The Hall–Kier alpha value is -3.45. The van der Waals surface area contributed by atoms with Gasteiger partial charge in [0.15, 0.2) is 0 Å². The fraction of sp³-hybridized carbons (Fsp3) is 0.586. The number of carbonyl (C=O) groups is 3. The number of imidazole rings is 1. The van der Waals surface area contributed by atoms with Gasteiger partial charge in [0.1, 0.15) is 6.04 Å². The second kappa shape index (κ2) is 14.6. The summed E-state index contributed by atoms with van der Waals surface area (Å²) >= 11 is 1.55. The Morgan fingerprint density at radius 2 is 1.98 bits per heavy atom. The fourth-order valence-corrected chi connectivity index (χ4v) is 6.60. The fourth-order valence-electron chi connectivity index (χ4n) is 6.13. The van der Waals surface area contributed by atoms with Crippen molar-refractivity contribution in [1.82, 2.24) is 24.7 Å². The lowest BCUT2D eigenvalue weighted by atomic mass is 9.96. The van der Waals surface area contributed by atoms with E-state index >= 15 is 0 Å². The van der Waals surface area contributed by atoms with Crippen LogP contribution in [0.4, 0.5) is 5.69 Å². The van der Waals surface area contributed by atoms with Crippen LogP contribution in [0.2, 0.25) is 0 Å². The Kier molecular flexibility index (Phi) is 11.0. The summed E-state index contributed by atoms with van der Waals surface area (Å²) in [5.74, 6) is -0.471. The number of hydrogen-bond donors (Lipinski definition) is 2. The van der Waals surface area contributed by atoms with E-state index in [1.165, 1.54) is 12.1 Å². The quantitative estimate of drug-likeness (QED) is 0.246. The van der Waals surface area contributed by atoms with Crippen molar-refractivity contribution in [1.29, 1.82) is 0 Å². The Morgan fingerprint density at radius 3 is 2.64 bits per heavy atom. The van der Waals surface area contributed by atoms with Crippen LogP contribution in [0.15, 0.2) is 36.8 Å². The molecule has 2 aliphatic rings. The number of carbonyl (C=O) groups excluding carboxylic acids is 2. The highest BCUT2D eigenvalue weighted by Crippen LogP contribution is 2.30. The van der Waals surface area contributed by atoms with Crippen molar-refractivity contribution in [2.24, 2.45) is 5.92 Å². The molecular weight excluding hydrogens is 560 g/mol. The SMILES string of the molecule is CC[C@H]1CCN(C[C@@H]2CCCN2C(=O)Cc2cncn2Cc2ccc([N+](=O)[O-])cc2)[C@@H]1C(=O)N[C@@H](CCSC)C(=O)O. The second-order valence-corrected chi connectivity index (χ2v) is 12.1. The zero-order valence-corrected chi connectivity index (χ0v) is 25.0. The molecule has 1 aromatic heterocycles. The number of nitrogens with zero attached hydrogens (tertiary/aromatic N) is 5. The number of aromatic nitrogens is 2. The van der Waals surface area contributed by atoms with E-state index in [4.69, 9.17) is 0 Å². The zero-order valence-electron chi connectivity index (χ0n) is 24.2.